The minimum Gasteiger partial charge on any atom is -0.375 e. The van der Waals surface area contributed by atoms with E-state index in [0.717, 1.165) is 19.4 Å². The number of allylic oxidation sites excluding steroid dienone is 8. The Balaban J connectivity index is 4.01. The molecule has 0 aliphatic heterocycles. The first-order chi connectivity index (χ1) is 22.6. The van der Waals surface area contributed by atoms with E-state index in [2.05, 4.69) is 88.4 Å². The average Bonchev–Trinajstić information content (AvgIpc) is 3.04. The zero-order valence-corrected chi connectivity index (χ0v) is 32.1. The third kappa shape index (κ3) is 37.3. The molecule has 0 bridgehead atoms. The lowest BCUT2D eigenvalue weighted by Crippen LogP contribution is -2.22. The van der Waals surface area contributed by atoms with Crippen molar-refractivity contribution in [2.75, 3.05) is 20.6 Å². The van der Waals surface area contributed by atoms with Gasteiger partial charge in [0.15, 0.2) is 0 Å². The molecule has 270 valence electrons. The van der Waals surface area contributed by atoms with Gasteiger partial charge in [0, 0.05) is 0 Å². The summed E-state index contributed by atoms with van der Waals surface area (Å²) in [6.07, 6.45) is 56.4. The SMILES string of the molecule is CCCCC/C=C\C/C=C\CCCCCCCCC(CCCCCCCC/C=C\C/C=C\CCCCC)OC(C)CCCN(C)C. The summed E-state index contributed by atoms with van der Waals surface area (Å²) in [4.78, 5) is 2.29. The van der Waals surface area contributed by atoms with Crippen LogP contribution in [0.5, 0.6) is 0 Å². The van der Waals surface area contributed by atoms with Crippen molar-refractivity contribution < 1.29 is 4.74 Å². The molecule has 1 unspecified atom stereocenters. The predicted octanol–water partition coefficient (Wildman–Crippen LogP) is 14.5. The Morgan fingerprint density at radius 1 is 0.435 bits per heavy atom. The maximum Gasteiger partial charge on any atom is 0.0578 e. The quantitative estimate of drug-likeness (QED) is 0.0498. The van der Waals surface area contributed by atoms with E-state index in [1.54, 1.807) is 0 Å². The molecule has 0 N–H and O–H groups in total. The Kier molecular flexibility index (Phi) is 37.4. The fourth-order valence-electron chi connectivity index (χ4n) is 6.09. The van der Waals surface area contributed by atoms with Crippen LogP contribution in [0.3, 0.4) is 0 Å². The minimum absolute atomic E-state index is 0.388. The van der Waals surface area contributed by atoms with Gasteiger partial charge in [-0.15, -0.1) is 0 Å². The van der Waals surface area contributed by atoms with Gasteiger partial charge < -0.3 is 9.64 Å². The van der Waals surface area contributed by atoms with Crippen molar-refractivity contribution in [3.05, 3.63) is 48.6 Å². The first-order valence-electron chi connectivity index (χ1n) is 20.5. The molecule has 0 aliphatic rings. The van der Waals surface area contributed by atoms with Gasteiger partial charge in [-0.2, -0.15) is 0 Å². The van der Waals surface area contributed by atoms with Gasteiger partial charge in [0.1, 0.15) is 0 Å². The standard InChI is InChI=1S/C44H83NO/c1-6-8-10-12-14-16-18-20-22-24-26-28-30-32-34-36-40-44(46-43(3)39-38-42-45(4)5)41-37-35-33-31-29-27-25-23-21-19-17-15-13-11-9-7-2/h14-17,20-23,43-44H,6-13,18-19,24-42H2,1-5H3/b16-14-,17-15-,22-20-,23-21-. The van der Waals surface area contributed by atoms with E-state index in [1.165, 1.54) is 167 Å². The van der Waals surface area contributed by atoms with Crippen molar-refractivity contribution in [1.29, 1.82) is 0 Å². The van der Waals surface area contributed by atoms with Gasteiger partial charge in [-0.1, -0.05) is 152 Å². The maximum atomic E-state index is 6.64. The Hall–Kier alpha value is -1.12. The van der Waals surface area contributed by atoms with Gasteiger partial charge in [0.25, 0.3) is 0 Å². The number of hydrogen-bond donors (Lipinski definition) is 0. The summed E-state index contributed by atoms with van der Waals surface area (Å²) in [5.74, 6) is 0. The van der Waals surface area contributed by atoms with Crippen LogP contribution in [0.25, 0.3) is 0 Å². The van der Waals surface area contributed by atoms with Crippen molar-refractivity contribution >= 4 is 0 Å². The molecule has 46 heavy (non-hydrogen) atoms. The van der Waals surface area contributed by atoms with Crippen molar-refractivity contribution in [3.8, 4) is 0 Å². The Morgan fingerprint density at radius 2 is 0.804 bits per heavy atom. The van der Waals surface area contributed by atoms with E-state index < -0.39 is 0 Å². The molecule has 0 aromatic heterocycles. The predicted molar refractivity (Wildman–Crippen MR) is 210 cm³/mol. The molecule has 0 aliphatic carbocycles. The second kappa shape index (κ2) is 38.3. The molecule has 2 nitrogen and oxygen atoms in total. The van der Waals surface area contributed by atoms with Crippen LogP contribution in [-0.4, -0.2) is 37.7 Å². The van der Waals surface area contributed by atoms with Crippen LogP contribution in [0.2, 0.25) is 0 Å². The third-order valence-electron chi connectivity index (χ3n) is 9.09. The first kappa shape index (κ1) is 44.9. The summed E-state index contributed by atoms with van der Waals surface area (Å²) < 4.78 is 6.64. The molecule has 0 fully saturated rings. The molecule has 0 heterocycles. The van der Waals surface area contributed by atoms with E-state index in [0.29, 0.717) is 12.2 Å². The monoisotopic (exact) mass is 642 g/mol. The van der Waals surface area contributed by atoms with E-state index in [9.17, 15) is 0 Å². The summed E-state index contributed by atoms with van der Waals surface area (Å²) in [5, 5.41) is 0. The Labute approximate surface area is 291 Å². The summed E-state index contributed by atoms with van der Waals surface area (Å²) in [6.45, 7) is 8.01. The molecular weight excluding hydrogens is 558 g/mol. The lowest BCUT2D eigenvalue weighted by molar-refractivity contribution is -0.0183. The fraction of sp³-hybridized carbons (Fsp3) is 0.818. The highest BCUT2D eigenvalue weighted by atomic mass is 16.5. The van der Waals surface area contributed by atoms with E-state index in [1.807, 2.05) is 0 Å². The molecule has 0 amide bonds. The number of unbranched alkanes of at least 4 members (excludes halogenated alkanes) is 18. The number of rotatable bonds is 36. The van der Waals surface area contributed by atoms with E-state index in [-0.39, 0.29) is 0 Å². The van der Waals surface area contributed by atoms with Crippen LogP contribution in [0.15, 0.2) is 48.6 Å². The number of hydrogen-bond acceptors (Lipinski definition) is 2. The lowest BCUT2D eigenvalue weighted by Gasteiger charge is -2.23. The summed E-state index contributed by atoms with van der Waals surface area (Å²) in [6, 6.07) is 0. The van der Waals surface area contributed by atoms with Crippen molar-refractivity contribution in [1.82, 2.24) is 4.90 Å². The fourth-order valence-corrected chi connectivity index (χ4v) is 6.09. The highest BCUT2D eigenvalue weighted by Crippen LogP contribution is 2.20. The van der Waals surface area contributed by atoms with Crippen molar-refractivity contribution in [3.63, 3.8) is 0 Å². The molecule has 0 radical (unpaired) electrons. The molecule has 0 aromatic rings. The highest BCUT2D eigenvalue weighted by molar-refractivity contribution is 4.93. The van der Waals surface area contributed by atoms with Crippen molar-refractivity contribution in [2.45, 2.75) is 213 Å². The largest absolute Gasteiger partial charge is 0.375 e. The van der Waals surface area contributed by atoms with Gasteiger partial charge in [0.05, 0.1) is 12.2 Å². The molecule has 0 rings (SSSR count). The molecule has 2 heteroatoms. The first-order valence-corrected chi connectivity index (χ1v) is 20.5. The van der Waals surface area contributed by atoms with Gasteiger partial charge in [-0.05, 0) is 117 Å². The van der Waals surface area contributed by atoms with Gasteiger partial charge in [-0.25, -0.2) is 0 Å². The molecular formula is C44H83NO. The second-order valence-corrected chi connectivity index (χ2v) is 14.3. The van der Waals surface area contributed by atoms with Gasteiger partial charge in [-0.3, -0.25) is 0 Å². The number of ether oxygens (including phenoxy) is 1. The average molecular weight is 642 g/mol. The summed E-state index contributed by atoms with van der Waals surface area (Å²) >= 11 is 0. The van der Waals surface area contributed by atoms with E-state index in [4.69, 9.17) is 4.74 Å². The Morgan fingerprint density at radius 3 is 1.20 bits per heavy atom. The molecule has 0 saturated heterocycles. The van der Waals surface area contributed by atoms with Crippen LogP contribution in [0, 0.1) is 0 Å². The second-order valence-electron chi connectivity index (χ2n) is 14.3. The topological polar surface area (TPSA) is 12.5 Å². The zero-order chi connectivity index (χ0) is 33.6. The van der Waals surface area contributed by atoms with Gasteiger partial charge >= 0.3 is 0 Å². The van der Waals surface area contributed by atoms with Crippen LogP contribution in [0.1, 0.15) is 201 Å². The van der Waals surface area contributed by atoms with E-state index >= 15 is 0 Å². The molecule has 0 spiro atoms. The molecule has 1 atom stereocenters. The molecule has 0 aromatic carbocycles. The van der Waals surface area contributed by atoms with Crippen LogP contribution < -0.4 is 0 Å². The van der Waals surface area contributed by atoms with Crippen LogP contribution >= 0.6 is 0 Å². The number of nitrogens with zero attached hydrogens (tertiary/aromatic N) is 1. The van der Waals surface area contributed by atoms with Crippen LogP contribution in [-0.2, 0) is 4.74 Å². The lowest BCUT2D eigenvalue weighted by atomic mass is 10.0. The third-order valence-corrected chi connectivity index (χ3v) is 9.09. The minimum atomic E-state index is 0.388. The highest BCUT2D eigenvalue weighted by Gasteiger charge is 2.13. The Bertz CT molecular complexity index is 642. The van der Waals surface area contributed by atoms with Gasteiger partial charge in [0.2, 0.25) is 0 Å². The van der Waals surface area contributed by atoms with Crippen molar-refractivity contribution in [2.24, 2.45) is 0 Å². The normalized spacial score (nSPS) is 13.3. The molecule has 0 saturated carbocycles. The zero-order valence-electron chi connectivity index (χ0n) is 32.1. The maximum absolute atomic E-state index is 6.64. The van der Waals surface area contributed by atoms with Crippen LogP contribution in [0.4, 0.5) is 0 Å². The summed E-state index contributed by atoms with van der Waals surface area (Å²) in [5.41, 5.74) is 0. The summed E-state index contributed by atoms with van der Waals surface area (Å²) in [7, 11) is 4.34. The smallest absolute Gasteiger partial charge is 0.0578 e.